The normalized spacial score (nSPS) is 11.7. The Kier molecular flexibility index (Phi) is 3.58. The van der Waals surface area contributed by atoms with E-state index in [0.29, 0.717) is 15.3 Å². The van der Waals surface area contributed by atoms with Crippen LogP contribution in [-0.4, -0.2) is 23.7 Å². The van der Waals surface area contributed by atoms with Crippen molar-refractivity contribution in [2.24, 2.45) is 0 Å². The van der Waals surface area contributed by atoms with Crippen LogP contribution >= 0.6 is 11.3 Å². The molecule has 1 amide bonds. The van der Waals surface area contributed by atoms with Gasteiger partial charge >= 0.3 is 6.18 Å². The number of benzene rings is 1. The minimum Gasteiger partial charge on any atom is -0.375 e. The molecule has 0 aliphatic heterocycles. The van der Waals surface area contributed by atoms with Crippen LogP contribution in [0.5, 0.6) is 0 Å². The molecule has 1 aromatic heterocycles. The first-order valence-electron chi connectivity index (χ1n) is 5.00. The van der Waals surface area contributed by atoms with Gasteiger partial charge in [0.1, 0.15) is 0 Å². The third-order valence-electron chi connectivity index (χ3n) is 2.07. The first kappa shape index (κ1) is 13.6. The Morgan fingerprint density at radius 1 is 1.47 bits per heavy atom. The number of carbonyl (C=O) groups excluding carboxylic acids is 1. The molecule has 0 saturated carbocycles. The quantitative estimate of drug-likeness (QED) is 0.849. The Balaban J connectivity index is 2.04. The van der Waals surface area contributed by atoms with Crippen molar-refractivity contribution in [2.75, 3.05) is 12.3 Å². The van der Waals surface area contributed by atoms with Gasteiger partial charge in [-0.2, -0.15) is 13.2 Å². The standard InChI is InChI=1S/C10H8F3N3O2S/c11-10(12,13)4-18-16-8(17)5-1-2-6-7(3-5)19-9(14)15-6/h1-3H,4H2,(H2,14,15)(H,16,17). The summed E-state index contributed by atoms with van der Waals surface area (Å²) < 4.78 is 36.1. The summed E-state index contributed by atoms with van der Waals surface area (Å²) in [6, 6.07) is 4.46. The molecule has 0 fully saturated rings. The Bertz CT molecular complexity index is 612. The Hall–Kier alpha value is -1.87. The van der Waals surface area contributed by atoms with E-state index in [-0.39, 0.29) is 5.56 Å². The molecule has 1 heterocycles. The van der Waals surface area contributed by atoms with Crippen LogP contribution in [0.1, 0.15) is 10.4 Å². The van der Waals surface area contributed by atoms with E-state index < -0.39 is 18.7 Å². The molecule has 0 spiro atoms. The molecule has 1 aromatic carbocycles. The average molecular weight is 291 g/mol. The molecule has 3 N–H and O–H groups in total. The van der Waals surface area contributed by atoms with Gasteiger partial charge < -0.3 is 5.73 Å². The molecule has 0 atom stereocenters. The fourth-order valence-corrected chi connectivity index (χ4v) is 2.10. The number of fused-ring (bicyclic) bond motifs is 1. The lowest BCUT2D eigenvalue weighted by molar-refractivity contribution is -0.184. The molecule has 0 aliphatic carbocycles. The molecule has 9 heteroatoms. The first-order valence-corrected chi connectivity index (χ1v) is 5.82. The smallest absolute Gasteiger partial charge is 0.375 e. The van der Waals surface area contributed by atoms with Crippen LogP contribution < -0.4 is 11.2 Å². The van der Waals surface area contributed by atoms with Gasteiger partial charge in [0, 0.05) is 5.56 Å². The third kappa shape index (κ3) is 3.55. The van der Waals surface area contributed by atoms with Crippen molar-refractivity contribution in [1.82, 2.24) is 10.5 Å². The summed E-state index contributed by atoms with van der Waals surface area (Å²) in [6.07, 6.45) is -4.50. The van der Waals surface area contributed by atoms with E-state index in [1.807, 2.05) is 0 Å². The van der Waals surface area contributed by atoms with Gasteiger partial charge in [0.25, 0.3) is 5.91 Å². The predicted octanol–water partition coefficient (Wildman–Crippen LogP) is 2.10. The minimum absolute atomic E-state index is 0.165. The molecule has 19 heavy (non-hydrogen) atoms. The molecule has 0 aliphatic rings. The van der Waals surface area contributed by atoms with Crippen LogP contribution in [0.25, 0.3) is 10.2 Å². The third-order valence-corrected chi connectivity index (χ3v) is 2.92. The maximum atomic E-state index is 11.8. The number of thiazole rings is 1. The minimum atomic E-state index is -4.50. The lowest BCUT2D eigenvalue weighted by Crippen LogP contribution is -2.29. The summed E-state index contributed by atoms with van der Waals surface area (Å²) in [6.45, 7) is -1.55. The van der Waals surface area contributed by atoms with Crippen LogP contribution in [0.2, 0.25) is 0 Å². The second-order valence-corrected chi connectivity index (χ2v) is 4.63. The summed E-state index contributed by atoms with van der Waals surface area (Å²) in [7, 11) is 0. The van der Waals surface area contributed by atoms with Crippen molar-refractivity contribution < 1.29 is 22.8 Å². The Morgan fingerprint density at radius 2 is 2.21 bits per heavy atom. The SMILES string of the molecule is Nc1nc2ccc(C(=O)NOCC(F)(F)F)cc2s1. The highest BCUT2D eigenvalue weighted by molar-refractivity contribution is 7.22. The molecular weight excluding hydrogens is 283 g/mol. The average Bonchev–Trinajstić information content (AvgIpc) is 2.65. The van der Waals surface area contributed by atoms with E-state index >= 15 is 0 Å². The van der Waals surface area contributed by atoms with E-state index in [1.165, 1.54) is 23.5 Å². The van der Waals surface area contributed by atoms with E-state index in [0.717, 1.165) is 0 Å². The molecule has 5 nitrogen and oxygen atoms in total. The highest BCUT2D eigenvalue weighted by Gasteiger charge is 2.28. The van der Waals surface area contributed by atoms with Gasteiger partial charge in [0.05, 0.1) is 10.2 Å². The number of carbonyl (C=O) groups is 1. The highest BCUT2D eigenvalue weighted by Crippen LogP contribution is 2.24. The number of nitrogens with zero attached hydrogens (tertiary/aromatic N) is 1. The number of hydrogen-bond acceptors (Lipinski definition) is 5. The lowest BCUT2D eigenvalue weighted by Gasteiger charge is -2.08. The number of hydrogen-bond donors (Lipinski definition) is 2. The predicted molar refractivity (Wildman–Crippen MR) is 63.5 cm³/mol. The van der Waals surface area contributed by atoms with Crippen molar-refractivity contribution in [3.05, 3.63) is 23.8 Å². The van der Waals surface area contributed by atoms with E-state index in [4.69, 9.17) is 5.73 Å². The number of anilines is 1. The van der Waals surface area contributed by atoms with E-state index in [1.54, 1.807) is 11.5 Å². The molecule has 2 rings (SSSR count). The monoisotopic (exact) mass is 291 g/mol. The maximum Gasteiger partial charge on any atom is 0.414 e. The van der Waals surface area contributed by atoms with Crippen molar-refractivity contribution in [3.8, 4) is 0 Å². The number of halogens is 3. The Labute approximate surface area is 109 Å². The van der Waals surface area contributed by atoms with Gasteiger partial charge in [-0.3, -0.25) is 9.63 Å². The summed E-state index contributed by atoms with van der Waals surface area (Å²) >= 11 is 1.18. The van der Waals surface area contributed by atoms with Crippen molar-refractivity contribution in [3.63, 3.8) is 0 Å². The van der Waals surface area contributed by atoms with E-state index in [2.05, 4.69) is 9.82 Å². The summed E-state index contributed by atoms with van der Waals surface area (Å²) in [5, 5.41) is 0.348. The van der Waals surface area contributed by atoms with Gasteiger partial charge in [-0.05, 0) is 18.2 Å². The zero-order valence-corrected chi connectivity index (χ0v) is 10.1. The molecule has 0 radical (unpaired) electrons. The van der Waals surface area contributed by atoms with Crippen LogP contribution in [0.15, 0.2) is 18.2 Å². The second kappa shape index (κ2) is 5.02. The second-order valence-electron chi connectivity index (χ2n) is 3.57. The van der Waals surface area contributed by atoms with Gasteiger partial charge in [-0.1, -0.05) is 11.3 Å². The molecule has 2 aromatic rings. The van der Waals surface area contributed by atoms with E-state index in [9.17, 15) is 18.0 Å². The van der Waals surface area contributed by atoms with Crippen LogP contribution in [0, 0.1) is 0 Å². The Morgan fingerprint density at radius 3 is 2.89 bits per heavy atom. The number of alkyl halides is 3. The number of nitrogens with one attached hydrogen (secondary N) is 1. The molecule has 0 unspecified atom stereocenters. The van der Waals surface area contributed by atoms with Crippen LogP contribution in [0.3, 0.4) is 0 Å². The highest BCUT2D eigenvalue weighted by atomic mass is 32.1. The molecular formula is C10H8F3N3O2S. The van der Waals surface area contributed by atoms with Gasteiger partial charge in [0.2, 0.25) is 0 Å². The fraction of sp³-hybridized carbons (Fsp3) is 0.200. The number of rotatable bonds is 3. The zero-order chi connectivity index (χ0) is 14.0. The van der Waals surface area contributed by atoms with Gasteiger partial charge in [0.15, 0.2) is 11.7 Å². The summed E-state index contributed by atoms with van der Waals surface area (Å²) in [5.41, 5.74) is 8.01. The van der Waals surface area contributed by atoms with Crippen LogP contribution in [-0.2, 0) is 4.84 Å². The zero-order valence-electron chi connectivity index (χ0n) is 9.32. The van der Waals surface area contributed by atoms with Crippen molar-refractivity contribution in [2.45, 2.75) is 6.18 Å². The molecule has 102 valence electrons. The maximum absolute atomic E-state index is 11.8. The van der Waals surface area contributed by atoms with Crippen molar-refractivity contribution >= 4 is 32.6 Å². The number of nitrogen functional groups attached to an aromatic ring is 1. The summed E-state index contributed by atoms with van der Waals surface area (Å²) in [5.74, 6) is -0.766. The number of aromatic nitrogens is 1. The topological polar surface area (TPSA) is 77.2 Å². The van der Waals surface area contributed by atoms with Gasteiger partial charge in [-0.15, -0.1) is 0 Å². The molecule has 0 saturated heterocycles. The largest absolute Gasteiger partial charge is 0.414 e. The first-order chi connectivity index (χ1) is 8.85. The fourth-order valence-electron chi connectivity index (χ4n) is 1.33. The van der Waals surface area contributed by atoms with Crippen molar-refractivity contribution in [1.29, 1.82) is 0 Å². The lowest BCUT2D eigenvalue weighted by atomic mass is 10.2. The number of hydroxylamine groups is 1. The van der Waals surface area contributed by atoms with Crippen LogP contribution in [0.4, 0.5) is 18.3 Å². The number of amides is 1. The molecule has 0 bridgehead atoms. The number of nitrogens with two attached hydrogens (primary N) is 1. The summed E-state index contributed by atoms with van der Waals surface area (Å²) in [4.78, 5) is 19.6. The van der Waals surface area contributed by atoms with Gasteiger partial charge in [-0.25, -0.2) is 10.5 Å².